The van der Waals surface area contributed by atoms with Gasteiger partial charge in [-0.3, -0.25) is 4.79 Å². The molecule has 0 aliphatic carbocycles. The Hall–Kier alpha value is -1.88. The summed E-state index contributed by atoms with van der Waals surface area (Å²) in [6.45, 7) is 7.12. The number of aromatic nitrogens is 2. The fourth-order valence-corrected chi connectivity index (χ4v) is 2.48. The Bertz CT molecular complexity index is 627. The average molecular weight is 273 g/mol. The second kappa shape index (κ2) is 5.25. The Morgan fingerprint density at radius 3 is 2.75 bits per heavy atom. The summed E-state index contributed by atoms with van der Waals surface area (Å²) in [5, 5.41) is 4.32. The minimum atomic E-state index is -0.0121. The molecule has 0 N–H and O–H groups in total. The van der Waals surface area contributed by atoms with Crippen molar-refractivity contribution in [3.8, 4) is 0 Å². The summed E-state index contributed by atoms with van der Waals surface area (Å²) >= 11 is 0. The highest BCUT2D eigenvalue weighted by atomic mass is 16.5. The summed E-state index contributed by atoms with van der Waals surface area (Å²) < 4.78 is 7.15. The molecule has 0 aromatic carbocycles. The molecule has 0 radical (unpaired) electrons. The lowest BCUT2D eigenvalue weighted by atomic mass is 10.0. The quantitative estimate of drug-likeness (QED) is 0.803. The smallest absolute Gasteiger partial charge is 0.169 e. The molecule has 1 aliphatic heterocycles. The summed E-state index contributed by atoms with van der Waals surface area (Å²) in [5.41, 5.74) is 2.70. The highest BCUT2D eigenvalue weighted by molar-refractivity contribution is 6.03. The van der Waals surface area contributed by atoms with Crippen LogP contribution < -0.4 is 4.90 Å². The van der Waals surface area contributed by atoms with Crippen LogP contribution in [0.15, 0.2) is 24.5 Å². The van der Waals surface area contributed by atoms with Crippen LogP contribution >= 0.6 is 0 Å². The summed E-state index contributed by atoms with van der Waals surface area (Å²) in [6, 6.07) is 4.03. The Morgan fingerprint density at radius 1 is 1.30 bits per heavy atom. The van der Waals surface area contributed by atoms with E-state index in [1.165, 1.54) is 0 Å². The minimum Gasteiger partial charge on any atom is -0.378 e. The van der Waals surface area contributed by atoms with Crippen molar-refractivity contribution in [3.63, 3.8) is 0 Å². The number of hydrogen-bond donors (Lipinski definition) is 0. The molecule has 0 unspecified atom stereocenters. The van der Waals surface area contributed by atoms with Crippen LogP contribution in [-0.2, 0) is 4.74 Å². The van der Waals surface area contributed by atoms with Crippen LogP contribution in [0.1, 0.15) is 24.2 Å². The first-order valence-electron chi connectivity index (χ1n) is 7.01. The van der Waals surface area contributed by atoms with Crippen LogP contribution in [-0.4, -0.2) is 41.7 Å². The van der Waals surface area contributed by atoms with Gasteiger partial charge in [0.25, 0.3) is 0 Å². The molecule has 5 nitrogen and oxygen atoms in total. The zero-order chi connectivity index (χ0) is 14.1. The van der Waals surface area contributed by atoms with Gasteiger partial charge >= 0.3 is 0 Å². The third kappa shape index (κ3) is 2.29. The Labute approximate surface area is 118 Å². The molecule has 1 saturated heterocycles. The van der Waals surface area contributed by atoms with E-state index in [0.717, 1.165) is 37.5 Å². The first kappa shape index (κ1) is 13.1. The zero-order valence-corrected chi connectivity index (χ0v) is 11.9. The Morgan fingerprint density at radius 2 is 2.05 bits per heavy atom. The van der Waals surface area contributed by atoms with E-state index in [1.807, 2.05) is 26.1 Å². The molecule has 2 aromatic heterocycles. The van der Waals surface area contributed by atoms with Crippen molar-refractivity contribution >= 4 is 17.0 Å². The fraction of sp³-hybridized carbons (Fsp3) is 0.467. The second-order valence-corrected chi connectivity index (χ2v) is 5.39. The summed E-state index contributed by atoms with van der Waals surface area (Å²) in [7, 11) is 0. The van der Waals surface area contributed by atoms with Crippen LogP contribution in [0.5, 0.6) is 0 Å². The fourth-order valence-electron chi connectivity index (χ4n) is 2.48. The van der Waals surface area contributed by atoms with E-state index < -0.39 is 0 Å². The number of anilines is 1. The topological polar surface area (TPSA) is 46.8 Å². The van der Waals surface area contributed by atoms with Gasteiger partial charge in [0.05, 0.1) is 42.4 Å². The highest BCUT2D eigenvalue weighted by Gasteiger charge is 2.17. The van der Waals surface area contributed by atoms with Crippen LogP contribution in [0.4, 0.5) is 5.69 Å². The predicted molar refractivity (Wildman–Crippen MR) is 77.4 cm³/mol. The van der Waals surface area contributed by atoms with Crippen molar-refractivity contribution in [3.05, 3.63) is 30.1 Å². The van der Waals surface area contributed by atoms with Gasteiger partial charge in [-0.25, -0.2) is 4.52 Å². The predicted octanol–water partition coefficient (Wildman–Crippen LogP) is 2.01. The van der Waals surface area contributed by atoms with Crippen molar-refractivity contribution < 1.29 is 9.53 Å². The monoisotopic (exact) mass is 273 g/mol. The van der Waals surface area contributed by atoms with Gasteiger partial charge in [0.15, 0.2) is 5.78 Å². The maximum absolute atomic E-state index is 12.1. The molecule has 106 valence electrons. The lowest BCUT2D eigenvalue weighted by Gasteiger charge is -2.28. The van der Waals surface area contributed by atoms with Gasteiger partial charge < -0.3 is 9.64 Å². The van der Waals surface area contributed by atoms with Crippen LogP contribution in [0.3, 0.4) is 0 Å². The van der Waals surface area contributed by atoms with Crippen molar-refractivity contribution in [2.75, 3.05) is 31.2 Å². The van der Waals surface area contributed by atoms with E-state index in [2.05, 4.69) is 16.1 Å². The van der Waals surface area contributed by atoms with Crippen LogP contribution in [0.25, 0.3) is 5.52 Å². The molecule has 20 heavy (non-hydrogen) atoms. The Balaban J connectivity index is 1.95. The molecule has 2 aromatic rings. The van der Waals surface area contributed by atoms with Crippen LogP contribution in [0, 0.1) is 5.92 Å². The number of rotatable bonds is 3. The zero-order valence-electron chi connectivity index (χ0n) is 11.9. The largest absolute Gasteiger partial charge is 0.378 e. The van der Waals surface area contributed by atoms with Gasteiger partial charge in [-0.1, -0.05) is 13.8 Å². The molecule has 3 rings (SSSR count). The van der Waals surface area contributed by atoms with Gasteiger partial charge in [-0.2, -0.15) is 5.10 Å². The number of pyridine rings is 1. The van der Waals surface area contributed by atoms with Crippen molar-refractivity contribution in [1.82, 2.24) is 9.61 Å². The summed E-state index contributed by atoms with van der Waals surface area (Å²) in [6.07, 6.45) is 3.65. The number of hydrogen-bond acceptors (Lipinski definition) is 4. The SMILES string of the molecule is CC(C)C(=O)c1cnn2cc(N3CCOCC3)ccc12. The number of Topliss-reactive ketones (excluding diaryl/α,β-unsaturated/α-hetero) is 1. The lowest BCUT2D eigenvalue weighted by Crippen LogP contribution is -2.36. The number of ketones is 1. The van der Waals surface area contributed by atoms with E-state index >= 15 is 0 Å². The number of ether oxygens (including phenoxy) is 1. The summed E-state index contributed by atoms with van der Waals surface area (Å²) in [5.74, 6) is 0.126. The van der Waals surface area contributed by atoms with E-state index in [4.69, 9.17) is 4.74 Å². The number of nitrogens with zero attached hydrogens (tertiary/aromatic N) is 3. The molecular formula is C15H19N3O2. The maximum Gasteiger partial charge on any atom is 0.169 e. The van der Waals surface area contributed by atoms with E-state index in [1.54, 1.807) is 10.7 Å². The normalized spacial score (nSPS) is 16.1. The molecule has 0 spiro atoms. The Kier molecular flexibility index (Phi) is 3.44. The summed E-state index contributed by atoms with van der Waals surface area (Å²) in [4.78, 5) is 14.4. The second-order valence-electron chi connectivity index (χ2n) is 5.39. The van der Waals surface area contributed by atoms with Gasteiger partial charge in [-0.05, 0) is 12.1 Å². The molecule has 1 aliphatic rings. The van der Waals surface area contributed by atoms with Gasteiger partial charge in [-0.15, -0.1) is 0 Å². The first-order valence-corrected chi connectivity index (χ1v) is 7.01. The minimum absolute atomic E-state index is 0.0121. The molecule has 5 heteroatoms. The molecule has 0 atom stereocenters. The third-order valence-corrected chi connectivity index (χ3v) is 3.67. The molecular weight excluding hydrogens is 254 g/mol. The van der Waals surface area contributed by atoms with Gasteiger partial charge in [0, 0.05) is 19.0 Å². The lowest BCUT2D eigenvalue weighted by molar-refractivity contribution is 0.0941. The van der Waals surface area contributed by atoms with Crippen LogP contribution in [0.2, 0.25) is 0 Å². The number of fused-ring (bicyclic) bond motifs is 1. The third-order valence-electron chi connectivity index (χ3n) is 3.67. The van der Waals surface area contributed by atoms with E-state index in [-0.39, 0.29) is 11.7 Å². The number of morpholine rings is 1. The maximum atomic E-state index is 12.1. The highest BCUT2D eigenvalue weighted by Crippen LogP contribution is 2.20. The molecule has 1 fully saturated rings. The van der Waals surface area contributed by atoms with Gasteiger partial charge in [0.1, 0.15) is 0 Å². The molecule has 0 amide bonds. The van der Waals surface area contributed by atoms with Crippen molar-refractivity contribution in [2.45, 2.75) is 13.8 Å². The molecule has 3 heterocycles. The number of carbonyl (C=O) groups excluding carboxylic acids is 1. The van der Waals surface area contributed by atoms with E-state index in [9.17, 15) is 4.79 Å². The van der Waals surface area contributed by atoms with Crippen molar-refractivity contribution in [2.24, 2.45) is 5.92 Å². The standard InChI is InChI=1S/C15H19N3O2/c1-11(2)15(19)13-9-16-18-10-12(3-4-14(13)18)17-5-7-20-8-6-17/h3-4,9-11H,5-8H2,1-2H3. The number of carbonyl (C=O) groups is 1. The van der Waals surface area contributed by atoms with Gasteiger partial charge in [0.2, 0.25) is 0 Å². The van der Waals surface area contributed by atoms with Crippen molar-refractivity contribution in [1.29, 1.82) is 0 Å². The first-order chi connectivity index (χ1) is 9.66. The average Bonchev–Trinajstić information content (AvgIpc) is 2.90. The molecule has 0 bridgehead atoms. The van der Waals surface area contributed by atoms with E-state index in [0.29, 0.717) is 5.56 Å². The molecule has 0 saturated carbocycles.